The Morgan fingerprint density at radius 3 is 2.60 bits per heavy atom. The van der Waals surface area contributed by atoms with E-state index >= 15 is 0 Å². The van der Waals surface area contributed by atoms with E-state index in [1.807, 2.05) is 0 Å². The molecule has 2 rings (SSSR count). The van der Waals surface area contributed by atoms with Gasteiger partial charge in [-0.2, -0.15) is 0 Å². The summed E-state index contributed by atoms with van der Waals surface area (Å²) in [6.07, 6.45) is 4.59. The van der Waals surface area contributed by atoms with Gasteiger partial charge >= 0.3 is 0 Å². The van der Waals surface area contributed by atoms with E-state index in [0.29, 0.717) is 38.6 Å². The summed E-state index contributed by atoms with van der Waals surface area (Å²) in [5.74, 6) is -1.42. The van der Waals surface area contributed by atoms with Crippen LogP contribution in [0.3, 0.4) is 0 Å². The summed E-state index contributed by atoms with van der Waals surface area (Å²) in [7, 11) is 0. The number of nitrogens with one attached hydrogen (secondary N) is 3. The summed E-state index contributed by atoms with van der Waals surface area (Å²) in [6.45, 7) is 1.27. The normalized spacial score (nSPS) is 24.1. The van der Waals surface area contributed by atoms with E-state index in [2.05, 4.69) is 16.0 Å². The molecule has 140 valence electrons. The van der Waals surface area contributed by atoms with Crippen molar-refractivity contribution in [3.05, 3.63) is 0 Å². The zero-order valence-electron chi connectivity index (χ0n) is 14.5. The van der Waals surface area contributed by atoms with Crippen molar-refractivity contribution in [2.75, 3.05) is 13.1 Å². The van der Waals surface area contributed by atoms with Crippen molar-refractivity contribution in [3.63, 3.8) is 0 Å². The van der Waals surface area contributed by atoms with Crippen LogP contribution in [0.15, 0.2) is 0 Å². The van der Waals surface area contributed by atoms with Crippen LogP contribution in [0.25, 0.3) is 0 Å². The second-order valence-electron chi connectivity index (χ2n) is 6.83. The van der Waals surface area contributed by atoms with Gasteiger partial charge in [-0.3, -0.25) is 24.5 Å². The Hall–Kier alpha value is -1.80. The van der Waals surface area contributed by atoms with Crippen LogP contribution in [-0.2, 0) is 19.2 Å². The lowest BCUT2D eigenvalue weighted by atomic mass is 10.0. The molecule has 8 heteroatoms. The van der Waals surface area contributed by atoms with Gasteiger partial charge in [0.05, 0.1) is 6.04 Å². The van der Waals surface area contributed by atoms with Crippen molar-refractivity contribution >= 4 is 23.5 Å². The van der Waals surface area contributed by atoms with Crippen LogP contribution in [0.1, 0.15) is 51.4 Å². The van der Waals surface area contributed by atoms with Gasteiger partial charge < -0.3 is 16.4 Å². The molecule has 0 bridgehead atoms. The highest BCUT2D eigenvalue weighted by Crippen LogP contribution is 2.22. The van der Waals surface area contributed by atoms with E-state index in [9.17, 15) is 19.2 Å². The fraction of sp³-hybridized carbons (Fsp3) is 0.765. The van der Waals surface area contributed by atoms with E-state index in [1.54, 1.807) is 0 Å². The zero-order valence-corrected chi connectivity index (χ0v) is 14.5. The average molecular weight is 352 g/mol. The molecule has 2 aliphatic rings. The maximum absolute atomic E-state index is 12.4. The molecule has 0 radical (unpaired) electrons. The molecule has 1 saturated heterocycles. The minimum absolute atomic E-state index is 0.0757. The first-order valence-electron chi connectivity index (χ1n) is 9.11. The third-order valence-corrected chi connectivity index (χ3v) is 4.82. The predicted molar refractivity (Wildman–Crippen MR) is 91.4 cm³/mol. The minimum atomic E-state index is -0.778. The maximum Gasteiger partial charge on any atom is 0.249 e. The maximum atomic E-state index is 12.4. The first-order valence-corrected chi connectivity index (χ1v) is 9.11. The van der Waals surface area contributed by atoms with Gasteiger partial charge in [-0.1, -0.05) is 0 Å². The number of carbonyl (C=O) groups is 4. The summed E-state index contributed by atoms with van der Waals surface area (Å²) in [5, 5.41) is 8.16. The van der Waals surface area contributed by atoms with E-state index in [1.165, 1.54) is 0 Å². The Labute approximate surface area is 147 Å². The predicted octanol–water partition coefficient (Wildman–Crippen LogP) is -0.636. The smallest absolute Gasteiger partial charge is 0.249 e. The number of amides is 3. The van der Waals surface area contributed by atoms with Crippen LogP contribution in [-0.4, -0.2) is 48.7 Å². The van der Waals surface area contributed by atoms with Crippen LogP contribution in [0.4, 0.5) is 0 Å². The molecular formula is C17H28N4O4. The number of unbranched alkanes of at least 4 members (excludes halogenated alkanes) is 1. The molecule has 8 nitrogen and oxygen atoms in total. The van der Waals surface area contributed by atoms with Crippen LogP contribution in [0.5, 0.6) is 0 Å². The van der Waals surface area contributed by atoms with Crippen LogP contribution in [0, 0.1) is 5.92 Å². The van der Waals surface area contributed by atoms with Gasteiger partial charge in [-0.25, -0.2) is 0 Å². The molecule has 1 aliphatic heterocycles. The molecule has 3 amide bonds. The van der Waals surface area contributed by atoms with Crippen molar-refractivity contribution in [1.29, 1.82) is 0 Å². The number of rotatable bonds is 8. The van der Waals surface area contributed by atoms with E-state index in [4.69, 9.17) is 5.73 Å². The van der Waals surface area contributed by atoms with E-state index in [0.717, 1.165) is 19.4 Å². The SMILES string of the molecule is NCCCC[C@H](NC(=O)C1CCC(=O)C1)C(=O)NC(=O)[C@@H]1CCCN1. The third-order valence-electron chi connectivity index (χ3n) is 4.82. The second-order valence-corrected chi connectivity index (χ2v) is 6.83. The Bertz CT molecular complexity index is 517. The molecule has 0 aromatic rings. The molecule has 25 heavy (non-hydrogen) atoms. The zero-order chi connectivity index (χ0) is 18.2. The number of imide groups is 1. The second kappa shape index (κ2) is 9.62. The van der Waals surface area contributed by atoms with Gasteiger partial charge in [0.25, 0.3) is 0 Å². The van der Waals surface area contributed by atoms with Gasteiger partial charge in [0, 0.05) is 18.8 Å². The molecule has 0 aromatic heterocycles. The third kappa shape index (κ3) is 5.89. The lowest BCUT2D eigenvalue weighted by molar-refractivity contribution is -0.136. The van der Waals surface area contributed by atoms with Crippen molar-refractivity contribution in [2.45, 2.75) is 63.5 Å². The quantitative estimate of drug-likeness (QED) is 0.430. The van der Waals surface area contributed by atoms with Crippen LogP contribution in [0.2, 0.25) is 0 Å². The van der Waals surface area contributed by atoms with Gasteiger partial charge in [-0.15, -0.1) is 0 Å². The number of ketones is 1. The molecule has 1 unspecified atom stereocenters. The Kier molecular flexibility index (Phi) is 7.52. The molecule has 0 aromatic carbocycles. The highest BCUT2D eigenvalue weighted by Gasteiger charge is 2.32. The largest absolute Gasteiger partial charge is 0.344 e. The Morgan fingerprint density at radius 2 is 2.00 bits per heavy atom. The number of Topliss-reactive ketones (excluding diaryl/α,β-unsaturated/α-hetero) is 1. The molecule has 2 fully saturated rings. The van der Waals surface area contributed by atoms with Gasteiger partial charge in [-0.05, 0) is 51.6 Å². The van der Waals surface area contributed by atoms with Gasteiger partial charge in [0.2, 0.25) is 17.7 Å². The first kappa shape index (κ1) is 19.5. The molecule has 1 saturated carbocycles. The summed E-state index contributed by atoms with van der Waals surface area (Å²) in [4.78, 5) is 48.2. The van der Waals surface area contributed by atoms with Crippen molar-refractivity contribution < 1.29 is 19.2 Å². The van der Waals surface area contributed by atoms with Crippen LogP contribution < -0.4 is 21.7 Å². The summed E-state index contributed by atoms with van der Waals surface area (Å²) in [5.41, 5.74) is 5.48. The Morgan fingerprint density at radius 1 is 1.20 bits per heavy atom. The fourth-order valence-corrected chi connectivity index (χ4v) is 3.29. The number of nitrogens with two attached hydrogens (primary N) is 1. The summed E-state index contributed by atoms with van der Waals surface area (Å²) < 4.78 is 0. The highest BCUT2D eigenvalue weighted by molar-refractivity contribution is 6.01. The number of hydrogen-bond acceptors (Lipinski definition) is 6. The van der Waals surface area contributed by atoms with Gasteiger partial charge in [0.1, 0.15) is 11.8 Å². The van der Waals surface area contributed by atoms with Gasteiger partial charge in [0.15, 0.2) is 0 Å². The van der Waals surface area contributed by atoms with Crippen molar-refractivity contribution in [3.8, 4) is 0 Å². The average Bonchev–Trinajstić information content (AvgIpc) is 3.25. The number of carbonyl (C=O) groups excluding carboxylic acids is 4. The van der Waals surface area contributed by atoms with Crippen molar-refractivity contribution in [2.24, 2.45) is 11.7 Å². The molecular weight excluding hydrogens is 324 g/mol. The molecule has 3 atom stereocenters. The van der Waals surface area contributed by atoms with E-state index in [-0.39, 0.29) is 36.0 Å². The van der Waals surface area contributed by atoms with Crippen LogP contribution >= 0.6 is 0 Å². The molecule has 1 aliphatic carbocycles. The fourth-order valence-electron chi connectivity index (χ4n) is 3.29. The molecule has 0 spiro atoms. The first-order chi connectivity index (χ1) is 12.0. The molecule has 5 N–H and O–H groups in total. The summed E-state index contributed by atoms with van der Waals surface area (Å²) >= 11 is 0. The van der Waals surface area contributed by atoms with E-state index < -0.39 is 11.9 Å². The molecule has 1 heterocycles. The van der Waals surface area contributed by atoms with Crippen molar-refractivity contribution in [1.82, 2.24) is 16.0 Å². The lowest BCUT2D eigenvalue weighted by Crippen LogP contribution is -2.52. The monoisotopic (exact) mass is 352 g/mol. The summed E-state index contributed by atoms with van der Waals surface area (Å²) in [6, 6.07) is -1.13. The topological polar surface area (TPSA) is 130 Å². The Balaban J connectivity index is 1.90. The minimum Gasteiger partial charge on any atom is -0.344 e. The lowest BCUT2D eigenvalue weighted by Gasteiger charge is -2.20. The number of hydrogen-bond donors (Lipinski definition) is 4. The standard InChI is InChI=1S/C17H28N4O4/c18-8-2-1-4-14(20-15(23)11-6-7-12(22)10-11)17(25)21-16(24)13-5-3-9-19-13/h11,13-14,19H,1-10,18H2,(H,20,23)(H,21,24,25)/t11?,13-,14-/m0/s1. The highest BCUT2D eigenvalue weighted by atomic mass is 16.2.